The van der Waals surface area contributed by atoms with E-state index >= 15 is 0 Å². The molecule has 1 saturated carbocycles. The third kappa shape index (κ3) is 4.45. The first-order valence-corrected chi connectivity index (χ1v) is 11.3. The lowest BCUT2D eigenvalue weighted by Crippen LogP contribution is -2.34. The minimum absolute atomic E-state index is 0.167. The van der Waals surface area contributed by atoms with Crippen molar-refractivity contribution >= 4 is 50.0 Å². The molecule has 0 radical (unpaired) electrons. The molecule has 2 aromatic heterocycles. The lowest BCUT2D eigenvalue weighted by atomic mass is 9.85. The van der Waals surface area contributed by atoms with Crippen LogP contribution in [0.4, 0.5) is 17.3 Å². The number of fused-ring (bicyclic) bond motifs is 1. The van der Waals surface area contributed by atoms with E-state index < -0.39 is 11.1 Å². The third-order valence-electron chi connectivity index (χ3n) is 5.23. The zero-order valence-electron chi connectivity index (χ0n) is 15.6. The van der Waals surface area contributed by atoms with E-state index in [1.807, 2.05) is 6.07 Å². The standard InChI is InChI=1S/C19H22BrN5O3S/c20-15-10-21-25-18(22-13-5-7-14(8-6-13)29(27)28)9-17(24-19(15)25)23-16-4-2-1-3-12(16)11-26/h5-10,12,16,22,26H,1-4,11H2,(H,23,24)(H,27,28)/t12-,16+/m0/s1. The molecule has 3 atom stereocenters. The molecule has 1 aromatic carbocycles. The smallest absolute Gasteiger partial charge is 0.186 e. The van der Waals surface area contributed by atoms with E-state index in [1.54, 1.807) is 35.0 Å². The Balaban J connectivity index is 1.65. The lowest BCUT2D eigenvalue weighted by molar-refractivity contribution is 0.178. The first-order chi connectivity index (χ1) is 14.0. The van der Waals surface area contributed by atoms with E-state index in [0.29, 0.717) is 22.2 Å². The molecule has 0 amide bonds. The van der Waals surface area contributed by atoms with Crippen LogP contribution in [0, 0.1) is 5.92 Å². The average Bonchev–Trinajstić information content (AvgIpc) is 3.10. The summed E-state index contributed by atoms with van der Waals surface area (Å²) in [6, 6.07) is 8.74. The van der Waals surface area contributed by atoms with Gasteiger partial charge in [0.05, 0.1) is 15.6 Å². The van der Waals surface area contributed by atoms with E-state index in [2.05, 4.69) is 36.6 Å². The highest BCUT2D eigenvalue weighted by molar-refractivity contribution is 9.10. The molecule has 154 valence electrons. The van der Waals surface area contributed by atoms with Gasteiger partial charge < -0.3 is 20.3 Å². The van der Waals surface area contributed by atoms with Gasteiger partial charge in [0.2, 0.25) is 0 Å². The molecule has 4 rings (SSSR count). The molecule has 1 aliphatic carbocycles. The van der Waals surface area contributed by atoms with Crippen LogP contribution in [0.15, 0.2) is 45.9 Å². The van der Waals surface area contributed by atoms with E-state index in [-0.39, 0.29) is 18.6 Å². The fourth-order valence-electron chi connectivity index (χ4n) is 3.71. The van der Waals surface area contributed by atoms with Crippen molar-refractivity contribution in [3.63, 3.8) is 0 Å². The number of nitrogens with zero attached hydrogens (tertiary/aromatic N) is 3. The number of aliphatic hydroxyl groups is 1. The molecule has 4 N–H and O–H groups in total. The number of aliphatic hydroxyl groups excluding tert-OH is 1. The van der Waals surface area contributed by atoms with Gasteiger partial charge in [0.15, 0.2) is 16.7 Å². The zero-order valence-corrected chi connectivity index (χ0v) is 18.0. The fraction of sp³-hybridized carbons (Fsp3) is 0.368. The first-order valence-electron chi connectivity index (χ1n) is 9.45. The van der Waals surface area contributed by atoms with Crippen molar-refractivity contribution < 1.29 is 13.9 Å². The van der Waals surface area contributed by atoms with Crippen LogP contribution in [0.25, 0.3) is 5.65 Å². The molecule has 2 heterocycles. The summed E-state index contributed by atoms with van der Waals surface area (Å²) < 4.78 is 22.8. The van der Waals surface area contributed by atoms with Gasteiger partial charge in [-0.1, -0.05) is 12.8 Å². The van der Waals surface area contributed by atoms with Gasteiger partial charge in [-0.15, -0.1) is 0 Å². The van der Waals surface area contributed by atoms with Crippen molar-refractivity contribution in [2.45, 2.75) is 36.6 Å². The van der Waals surface area contributed by atoms with Crippen molar-refractivity contribution in [2.75, 3.05) is 17.2 Å². The van der Waals surface area contributed by atoms with Crippen LogP contribution in [0.1, 0.15) is 25.7 Å². The highest BCUT2D eigenvalue weighted by Crippen LogP contribution is 2.29. The maximum Gasteiger partial charge on any atom is 0.186 e. The van der Waals surface area contributed by atoms with E-state index in [4.69, 9.17) is 0 Å². The summed E-state index contributed by atoms with van der Waals surface area (Å²) in [5.41, 5.74) is 1.43. The highest BCUT2D eigenvalue weighted by Gasteiger charge is 2.25. The molecular weight excluding hydrogens is 458 g/mol. The molecule has 8 nitrogen and oxygen atoms in total. The van der Waals surface area contributed by atoms with E-state index in [9.17, 15) is 13.9 Å². The number of hydrogen-bond donors (Lipinski definition) is 4. The quantitative estimate of drug-likeness (QED) is 0.398. The van der Waals surface area contributed by atoms with Gasteiger partial charge in [0.25, 0.3) is 0 Å². The van der Waals surface area contributed by atoms with Gasteiger partial charge in [-0.3, -0.25) is 0 Å². The van der Waals surface area contributed by atoms with Crippen LogP contribution in [0.2, 0.25) is 0 Å². The number of aromatic nitrogens is 3. The molecule has 0 spiro atoms. The lowest BCUT2D eigenvalue weighted by Gasteiger charge is -2.31. The van der Waals surface area contributed by atoms with Gasteiger partial charge in [-0.25, -0.2) is 9.19 Å². The Labute approximate surface area is 179 Å². The number of benzene rings is 1. The van der Waals surface area contributed by atoms with Crippen LogP contribution < -0.4 is 10.6 Å². The van der Waals surface area contributed by atoms with Gasteiger partial charge in [0.1, 0.15) is 11.6 Å². The average molecular weight is 480 g/mol. The summed E-state index contributed by atoms with van der Waals surface area (Å²) in [4.78, 5) is 5.02. The van der Waals surface area contributed by atoms with Crippen LogP contribution in [0.3, 0.4) is 0 Å². The highest BCUT2D eigenvalue weighted by atomic mass is 79.9. The summed E-state index contributed by atoms with van der Waals surface area (Å²) in [5.74, 6) is 1.63. The van der Waals surface area contributed by atoms with Crippen molar-refractivity contribution in [3.05, 3.63) is 41.0 Å². The molecule has 0 saturated heterocycles. The predicted octanol–water partition coefficient (Wildman–Crippen LogP) is 3.78. The molecule has 1 aliphatic rings. The number of hydrogen-bond acceptors (Lipinski definition) is 6. The second-order valence-electron chi connectivity index (χ2n) is 7.13. The number of rotatable bonds is 6. The Kier molecular flexibility index (Phi) is 6.14. The minimum atomic E-state index is -2.01. The Morgan fingerprint density at radius 1 is 1.24 bits per heavy atom. The zero-order chi connectivity index (χ0) is 20.4. The third-order valence-corrected chi connectivity index (χ3v) is 6.47. The summed E-state index contributed by atoms with van der Waals surface area (Å²) >= 11 is 1.49. The first kappa shape index (κ1) is 20.3. The van der Waals surface area contributed by atoms with Crippen LogP contribution in [-0.2, 0) is 11.1 Å². The Bertz CT molecular complexity index is 1030. The number of nitrogens with one attached hydrogen (secondary N) is 2. The molecule has 29 heavy (non-hydrogen) atoms. The Hall–Kier alpha value is -2.01. The molecule has 0 aliphatic heterocycles. The van der Waals surface area contributed by atoms with E-state index in [0.717, 1.165) is 35.8 Å². The maximum atomic E-state index is 11.2. The molecule has 1 fully saturated rings. The van der Waals surface area contributed by atoms with Gasteiger partial charge in [0, 0.05) is 30.3 Å². The van der Waals surface area contributed by atoms with Crippen molar-refractivity contribution in [3.8, 4) is 0 Å². The maximum absolute atomic E-state index is 11.2. The van der Waals surface area contributed by atoms with Crippen molar-refractivity contribution in [1.29, 1.82) is 0 Å². The van der Waals surface area contributed by atoms with Crippen LogP contribution in [0.5, 0.6) is 0 Å². The van der Waals surface area contributed by atoms with Crippen LogP contribution in [-0.4, -0.2) is 41.1 Å². The molecule has 3 aromatic rings. The second kappa shape index (κ2) is 8.78. The predicted molar refractivity (Wildman–Crippen MR) is 116 cm³/mol. The summed E-state index contributed by atoms with van der Waals surface area (Å²) in [7, 11) is 0. The minimum Gasteiger partial charge on any atom is -0.396 e. The molecular formula is C19H22BrN5O3S. The van der Waals surface area contributed by atoms with Gasteiger partial charge in [-0.05, 0) is 53.0 Å². The normalized spacial score (nSPS) is 20.5. The van der Waals surface area contributed by atoms with Crippen molar-refractivity contribution in [1.82, 2.24) is 14.6 Å². The molecule has 10 heteroatoms. The summed E-state index contributed by atoms with van der Waals surface area (Å²) in [5, 5.41) is 20.9. The number of halogens is 1. The largest absolute Gasteiger partial charge is 0.396 e. The molecule has 0 bridgehead atoms. The SMILES string of the molecule is O=S(O)c1ccc(Nc2cc(N[C@@H]3CCCC[C@H]3CO)nc3c(Br)cnn23)cc1. The van der Waals surface area contributed by atoms with E-state index in [1.165, 1.54) is 0 Å². The summed E-state index contributed by atoms with van der Waals surface area (Å²) in [6.07, 6.45) is 5.98. The number of anilines is 3. The molecule has 1 unspecified atom stereocenters. The second-order valence-corrected chi connectivity index (χ2v) is 8.96. The Morgan fingerprint density at radius 3 is 2.72 bits per heavy atom. The van der Waals surface area contributed by atoms with Gasteiger partial charge >= 0.3 is 0 Å². The topological polar surface area (TPSA) is 112 Å². The fourth-order valence-corrected chi connectivity index (χ4v) is 4.42. The van der Waals surface area contributed by atoms with Gasteiger partial charge in [-0.2, -0.15) is 9.61 Å². The monoisotopic (exact) mass is 479 g/mol. The Morgan fingerprint density at radius 2 is 2.00 bits per heavy atom. The van der Waals surface area contributed by atoms with Crippen molar-refractivity contribution in [2.24, 2.45) is 5.92 Å². The summed E-state index contributed by atoms with van der Waals surface area (Å²) in [6.45, 7) is 0.167. The van der Waals surface area contributed by atoms with Crippen LogP contribution >= 0.6 is 15.9 Å².